The number of hydrogen-bond donors (Lipinski definition) is 2. The van der Waals surface area contributed by atoms with Crippen LogP contribution in [0.4, 0.5) is 11.4 Å². The summed E-state index contributed by atoms with van der Waals surface area (Å²) in [6, 6.07) is 10.7. The van der Waals surface area contributed by atoms with E-state index in [4.69, 9.17) is 4.74 Å². The van der Waals surface area contributed by atoms with Crippen LogP contribution in [-0.4, -0.2) is 18.4 Å². The van der Waals surface area contributed by atoms with Crippen molar-refractivity contribution in [2.45, 2.75) is 13.8 Å². The molecule has 0 unspecified atom stereocenters. The summed E-state index contributed by atoms with van der Waals surface area (Å²) < 4.78 is 5.28. The molecule has 0 fully saturated rings. The molecule has 1 heterocycles. The Kier molecular flexibility index (Phi) is 3.55. The van der Waals surface area contributed by atoms with Gasteiger partial charge in [-0.3, -0.25) is 9.59 Å². The average Bonchev–Trinajstić information content (AvgIpc) is 2.51. The number of carbonyl (C=O) groups excluding carboxylic acids is 2. The minimum atomic E-state index is -0.226. The van der Waals surface area contributed by atoms with Crippen LogP contribution in [-0.2, 0) is 4.79 Å². The molecule has 2 aromatic rings. The lowest BCUT2D eigenvalue weighted by atomic mass is 10.1. The van der Waals surface area contributed by atoms with E-state index in [0.29, 0.717) is 17.0 Å². The van der Waals surface area contributed by atoms with E-state index in [1.807, 2.05) is 32.0 Å². The Morgan fingerprint density at radius 3 is 2.86 bits per heavy atom. The van der Waals surface area contributed by atoms with Crippen molar-refractivity contribution in [1.29, 1.82) is 0 Å². The smallest absolute Gasteiger partial charge is 0.262 e. The van der Waals surface area contributed by atoms with Gasteiger partial charge in [0.15, 0.2) is 6.61 Å². The van der Waals surface area contributed by atoms with Gasteiger partial charge in [0, 0.05) is 11.3 Å². The van der Waals surface area contributed by atoms with Crippen LogP contribution in [0.2, 0.25) is 0 Å². The Morgan fingerprint density at radius 2 is 2.05 bits per heavy atom. The Labute approximate surface area is 128 Å². The third kappa shape index (κ3) is 2.65. The van der Waals surface area contributed by atoms with Crippen LogP contribution >= 0.6 is 0 Å². The van der Waals surface area contributed by atoms with Gasteiger partial charge in [-0.05, 0) is 49.2 Å². The molecule has 112 valence electrons. The van der Waals surface area contributed by atoms with Crippen molar-refractivity contribution in [3.05, 3.63) is 53.1 Å². The third-order valence-electron chi connectivity index (χ3n) is 3.73. The molecular formula is C17H16N2O3. The van der Waals surface area contributed by atoms with Crippen molar-refractivity contribution in [3.8, 4) is 5.75 Å². The topological polar surface area (TPSA) is 67.4 Å². The fraction of sp³-hybridized carbons (Fsp3) is 0.176. The second-order valence-corrected chi connectivity index (χ2v) is 5.25. The molecule has 0 radical (unpaired) electrons. The predicted molar refractivity (Wildman–Crippen MR) is 84.4 cm³/mol. The fourth-order valence-corrected chi connectivity index (χ4v) is 2.31. The van der Waals surface area contributed by atoms with Crippen molar-refractivity contribution >= 4 is 23.2 Å². The number of rotatable bonds is 2. The van der Waals surface area contributed by atoms with Crippen LogP contribution in [0.1, 0.15) is 21.5 Å². The SMILES string of the molecule is Cc1cccc(NC(=O)c2ccc3c(c2)NC(=O)CO3)c1C. The number of aryl methyl sites for hydroxylation is 1. The maximum absolute atomic E-state index is 12.4. The summed E-state index contributed by atoms with van der Waals surface area (Å²) in [5.74, 6) is 0.124. The quantitative estimate of drug-likeness (QED) is 0.895. The highest BCUT2D eigenvalue weighted by Crippen LogP contribution is 2.29. The highest BCUT2D eigenvalue weighted by molar-refractivity contribution is 6.06. The third-order valence-corrected chi connectivity index (χ3v) is 3.73. The standard InChI is InChI=1S/C17H16N2O3/c1-10-4-3-5-13(11(10)2)19-17(21)12-6-7-15-14(8-12)18-16(20)9-22-15/h3-8H,9H2,1-2H3,(H,18,20)(H,19,21). The van der Waals surface area contributed by atoms with Crippen molar-refractivity contribution < 1.29 is 14.3 Å². The lowest BCUT2D eigenvalue weighted by Crippen LogP contribution is -2.25. The zero-order valence-electron chi connectivity index (χ0n) is 12.4. The van der Waals surface area contributed by atoms with Crippen LogP contribution < -0.4 is 15.4 Å². The summed E-state index contributed by atoms with van der Waals surface area (Å²) in [4.78, 5) is 23.7. The van der Waals surface area contributed by atoms with E-state index in [9.17, 15) is 9.59 Å². The van der Waals surface area contributed by atoms with E-state index in [-0.39, 0.29) is 18.4 Å². The Morgan fingerprint density at radius 1 is 1.23 bits per heavy atom. The second-order valence-electron chi connectivity index (χ2n) is 5.25. The van der Waals surface area contributed by atoms with Crippen LogP contribution in [0.25, 0.3) is 0 Å². The number of fused-ring (bicyclic) bond motifs is 1. The van der Waals surface area contributed by atoms with Gasteiger partial charge in [0.2, 0.25) is 0 Å². The monoisotopic (exact) mass is 296 g/mol. The molecule has 0 bridgehead atoms. The first-order valence-corrected chi connectivity index (χ1v) is 6.99. The number of ether oxygens (including phenoxy) is 1. The molecule has 2 aromatic carbocycles. The molecule has 5 nitrogen and oxygen atoms in total. The molecule has 0 spiro atoms. The Balaban J connectivity index is 1.85. The second kappa shape index (κ2) is 5.52. The number of amides is 2. The van der Waals surface area contributed by atoms with Gasteiger partial charge in [0.05, 0.1) is 5.69 Å². The molecule has 22 heavy (non-hydrogen) atoms. The van der Waals surface area contributed by atoms with Gasteiger partial charge in [0.25, 0.3) is 11.8 Å². The van der Waals surface area contributed by atoms with Crippen molar-refractivity contribution in [2.24, 2.45) is 0 Å². The zero-order valence-corrected chi connectivity index (χ0v) is 12.4. The zero-order chi connectivity index (χ0) is 15.7. The summed E-state index contributed by atoms with van der Waals surface area (Å²) in [5, 5.41) is 5.59. The predicted octanol–water partition coefficient (Wildman–Crippen LogP) is 2.89. The normalized spacial score (nSPS) is 12.9. The van der Waals surface area contributed by atoms with Gasteiger partial charge in [-0.1, -0.05) is 12.1 Å². The first-order chi connectivity index (χ1) is 10.5. The van der Waals surface area contributed by atoms with Gasteiger partial charge in [-0.2, -0.15) is 0 Å². The molecule has 3 rings (SSSR count). The highest BCUT2D eigenvalue weighted by atomic mass is 16.5. The highest BCUT2D eigenvalue weighted by Gasteiger charge is 2.18. The molecule has 1 aliphatic heterocycles. The van der Waals surface area contributed by atoms with Crippen molar-refractivity contribution in [1.82, 2.24) is 0 Å². The number of benzene rings is 2. The van der Waals surface area contributed by atoms with E-state index in [1.165, 1.54) is 0 Å². The summed E-state index contributed by atoms with van der Waals surface area (Å²) in [6.45, 7) is 3.96. The van der Waals surface area contributed by atoms with E-state index in [2.05, 4.69) is 10.6 Å². The van der Waals surface area contributed by atoms with E-state index in [1.54, 1.807) is 18.2 Å². The minimum absolute atomic E-state index is 0.00102. The molecule has 0 aliphatic carbocycles. The van der Waals surface area contributed by atoms with Crippen LogP contribution in [0, 0.1) is 13.8 Å². The number of nitrogens with one attached hydrogen (secondary N) is 2. The van der Waals surface area contributed by atoms with Crippen molar-refractivity contribution in [2.75, 3.05) is 17.2 Å². The summed E-state index contributed by atoms with van der Waals surface area (Å²) in [5.41, 5.74) is 3.91. The molecule has 0 saturated heterocycles. The first kappa shape index (κ1) is 14.1. The van der Waals surface area contributed by atoms with Crippen molar-refractivity contribution in [3.63, 3.8) is 0 Å². The largest absolute Gasteiger partial charge is 0.482 e. The lowest BCUT2D eigenvalue weighted by Gasteiger charge is -2.18. The van der Waals surface area contributed by atoms with Gasteiger partial charge in [-0.15, -0.1) is 0 Å². The van der Waals surface area contributed by atoms with E-state index < -0.39 is 0 Å². The summed E-state index contributed by atoms with van der Waals surface area (Å²) in [7, 11) is 0. The average molecular weight is 296 g/mol. The minimum Gasteiger partial charge on any atom is -0.482 e. The van der Waals surface area contributed by atoms with E-state index >= 15 is 0 Å². The molecule has 1 aliphatic rings. The molecule has 0 saturated carbocycles. The summed E-state index contributed by atoms with van der Waals surface area (Å²) in [6.07, 6.45) is 0. The van der Waals surface area contributed by atoms with Crippen LogP contribution in [0.3, 0.4) is 0 Å². The fourth-order valence-electron chi connectivity index (χ4n) is 2.31. The van der Waals surface area contributed by atoms with Gasteiger partial charge >= 0.3 is 0 Å². The molecular weight excluding hydrogens is 280 g/mol. The maximum Gasteiger partial charge on any atom is 0.262 e. The molecule has 5 heteroatoms. The van der Waals surface area contributed by atoms with Gasteiger partial charge < -0.3 is 15.4 Å². The molecule has 0 aromatic heterocycles. The van der Waals surface area contributed by atoms with Gasteiger partial charge in [0.1, 0.15) is 5.75 Å². The summed E-state index contributed by atoms with van der Waals surface area (Å²) >= 11 is 0. The van der Waals surface area contributed by atoms with Crippen LogP contribution in [0.5, 0.6) is 5.75 Å². The van der Waals surface area contributed by atoms with Crippen LogP contribution in [0.15, 0.2) is 36.4 Å². The number of anilines is 2. The van der Waals surface area contributed by atoms with Gasteiger partial charge in [-0.25, -0.2) is 0 Å². The molecule has 0 atom stereocenters. The van der Waals surface area contributed by atoms with E-state index in [0.717, 1.165) is 16.8 Å². The number of carbonyl (C=O) groups is 2. The maximum atomic E-state index is 12.4. The number of hydrogen-bond acceptors (Lipinski definition) is 3. The Bertz CT molecular complexity index is 768. The lowest BCUT2D eigenvalue weighted by molar-refractivity contribution is -0.118. The molecule has 2 amide bonds. The first-order valence-electron chi connectivity index (χ1n) is 6.99. The Hall–Kier alpha value is -2.82. The molecule has 2 N–H and O–H groups in total.